The van der Waals surface area contributed by atoms with Gasteiger partial charge in [0.1, 0.15) is 5.75 Å². The molecule has 0 saturated carbocycles. The molecule has 22 heavy (non-hydrogen) atoms. The summed E-state index contributed by atoms with van der Waals surface area (Å²) in [7, 11) is 3.51. The summed E-state index contributed by atoms with van der Waals surface area (Å²) in [5.74, 6) is 1.79. The number of unbranched alkanes of at least 4 members (excludes halogenated alkanes) is 3. The number of nitrogens with one attached hydrogen (secondary N) is 2. The Kier molecular flexibility index (Phi) is 13.1. The maximum absolute atomic E-state index is 5.23. The van der Waals surface area contributed by atoms with Crippen molar-refractivity contribution in [1.29, 1.82) is 0 Å². The summed E-state index contributed by atoms with van der Waals surface area (Å²) in [6.07, 6.45) is 6.01. The molecule has 0 bridgehead atoms. The number of halogens is 1. The zero-order valence-corrected chi connectivity index (χ0v) is 16.4. The van der Waals surface area contributed by atoms with Crippen molar-refractivity contribution in [2.75, 3.05) is 27.2 Å². The molecular formula is C17H30IN3O. The molecule has 0 atom stereocenters. The lowest BCUT2D eigenvalue weighted by Crippen LogP contribution is -2.38. The van der Waals surface area contributed by atoms with Crippen LogP contribution in [-0.4, -0.2) is 33.2 Å². The van der Waals surface area contributed by atoms with Gasteiger partial charge in [0.15, 0.2) is 5.96 Å². The van der Waals surface area contributed by atoms with Gasteiger partial charge in [0, 0.05) is 20.1 Å². The Morgan fingerprint density at radius 2 is 1.91 bits per heavy atom. The quantitative estimate of drug-likeness (QED) is 0.278. The van der Waals surface area contributed by atoms with Gasteiger partial charge in [-0.1, -0.05) is 38.3 Å². The summed E-state index contributed by atoms with van der Waals surface area (Å²) in [5.41, 5.74) is 1.26. The molecule has 0 aliphatic rings. The number of methoxy groups -OCH3 is 1. The molecular weight excluding hydrogens is 389 g/mol. The highest BCUT2D eigenvalue weighted by molar-refractivity contribution is 14.0. The lowest BCUT2D eigenvalue weighted by Gasteiger charge is -2.12. The molecule has 0 aromatic heterocycles. The van der Waals surface area contributed by atoms with Crippen LogP contribution in [0.4, 0.5) is 0 Å². The molecule has 1 aromatic carbocycles. The number of rotatable bonds is 9. The zero-order valence-electron chi connectivity index (χ0n) is 14.0. The Morgan fingerprint density at radius 3 is 2.59 bits per heavy atom. The molecule has 0 radical (unpaired) electrons. The minimum Gasteiger partial charge on any atom is -0.497 e. The van der Waals surface area contributed by atoms with E-state index >= 15 is 0 Å². The Hall–Kier alpha value is -0.980. The molecule has 4 nitrogen and oxygen atoms in total. The van der Waals surface area contributed by atoms with Gasteiger partial charge < -0.3 is 15.4 Å². The van der Waals surface area contributed by atoms with Crippen LogP contribution in [0.3, 0.4) is 0 Å². The molecule has 0 heterocycles. The van der Waals surface area contributed by atoms with Gasteiger partial charge in [-0.3, -0.25) is 4.99 Å². The summed E-state index contributed by atoms with van der Waals surface area (Å²) in [6, 6.07) is 8.18. The molecule has 2 N–H and O–H groups in total. The molecule has 0 saturated heterocycles. The van der Waals surface area contributed by atoms with Gasteiger partial charge in [0.05, 0.1) is 7.11 Å². The first kappa shape index (κ1) is 21.0. The lowest BCUT2D eigenvalue weighted by atomic mass is 10.1. The SMILES string of the molecule is CCCCCCNC(=NC)NCCc1cccc(OC)c1.I. The predicted molar refractivity (Wildman–Crippen MR) is 106 cm³/mol. The summed E-state index contributed by atoms with van der Waals surface area (Å²) in [5, 5.41) is 6.70. The van der Waals surface area contributed by atoms with Crippen molar-refractivity contribution in [2.24, 2.45) is 4.99 Å². The van der Waals surface area contributed by atoms with Crippen LogP contribution in [0.15, 0.2) is 29.3 Å². The standard InChI is InChI=1S/C17H29N3O.HI/c1-4-5-6-7-12-19-17(18-2)20-13-11-15-9-8-10-16(14-15)21-3;/h8-10,14H,4-7,11-13H2,1-3H3,(H2,18,19,20);1H. The molecule has 1 aromatic rings. The number of ether oxygens (including phenoxy) is 1. The van der Waals surface area contributed by atoms with E-state index in [0.29, 0.717) is 0 Å². The van der Waals surface area contributed by atoms with E-state index < -0.39 is 0 Å². The molecule has 0 unspecified atom stereocenters. The van der Waals surface area contributed by atoms with Crippen LogP contribution in [-0.2, 0) is 6.42 Å². The maximum atomic E-state index is 5.23. The van der Waals surface area contributed by atoms with Crippen LogP contribution in [0.25, 0.3) is 0 Å². The third-order valence-electron chi connectivity index (χ3n) is 3.39. The Morgan fingerprint density at radius 1 is 1.14 bits per heavy atom. The minimum absolute atomic E-state index is 0. The second-order valence-electron chi connectivity index (χ2n) is 5.09. The first-order valence-corrected chi connectivity index (χ1v) is 7.87. The summed E-state index contributed by atoms with van der Waals surface area (Å²) >= 11 is 0. The molecule has 0 aliphatic carbocycles. The molecule has 1 rings (SSSR count). The first-order valence-electron chi connectivity index (χ1n) is 7.87. The van der Waals surface area contributed by atoms with E-state index in [1.54, 1.807) is 7.11 Å². The van der Waals surface area contributed by atoms with Gasteiger partial charge in [-0.05, 0) is 30.5 Å². The number of nitrogens with zero attached hydrogens (tertiary/aromatic N) is 1. The predicted octanol–water partition coefficient (Wildman–Crippen LogP) is 3.60. The lowest BCUT2D eigenvalue weighted by molar-refractivity contribution is 0.414. The third-order valence-corrected chi connectivity index (χ3v) is 3.39. The average Bonchev–Trinajstić information content (AvgIpc) is 2.53. The Labute approximate surface area is 152 Å². The van der Waals surface area contributed by atoms with Gasteiger partial charge in [-0.15, -0.1) is 24.0 Å². The van der Waals surface area contributed by atoms with Crippen molar-refractivity contribution in [1.82, 2.24) is 10.6 Å². The third kappa shape index (κ3) is 9.12. The van der Waals surface area contributed by atoms with Gasteiger partial charge in [-0.2, -0.15) is 0 Å². The fraction of sp³-hybridized carbons (Fsp3) is 0.588. The Balaban J connectivity index is 0.00000441. The van der Waals surface area contributed by atoms with E-state index in [0.717, 1.165) is 31.2 Å². The van der Waals surface area contributed by atoms with Crippen molar-refractivity contribution >= 4 is 29.9 Å². The zero-order chi connectivity index (χ0) is 15.3. The van der Waals surface area contributed by atoms with Gasteiger partial charge in [0.2, 0.25) is 0 Å². The maximum Gasteiger partial charge on any atom is 0.190 e. The fourth-order valence-electron chi connectivity index (χ4n) is 2.13. The van der Waals surface area contributed by atoms with Crippen molar-refractivity contribution in [3.05, 3.63) is 29.8 Å². The van der Waals surface area contributed by atoms with Crippen molar-refractivity contribution in [2.45, 2.75) is 39.0 Å². The molecule has 0 amide bonds. The largest absolute Gasteiger partial charge is 0.497 e. The minimum atomic E-state index is 0. The summed E-state index contributed by atoms with van der Waals surface area (Å²) in [4.78, 5) is 4.24. The van der Waals surface area contributed by atoms with E-state index in [4.69, 9.17) is 4.74 Å². The average molecular weight is 419 g/mol. The van der Waals surface area contributed by atoms with Crippen LogP contribution < -0.4 is 15.4 Å². The normalized spacial score (nSPS) is 10.8. The highest BCUT2D eigenvalue weighted by Crippen LogP contribution is 2.12. The van der Waals surface area contributed by atoms with Crippen molar-refractivity contribution in [3.8, 4) is 5.75 Å². The van der Waals surface area contributed by atoms with Crippen LogP contribution in [0.2, 0.25) is 0 Å². The Bertz CT molecular complexity index is 424. The number of hydrogen-bond acceptors (Lipinski definition) is 2. The molecule has 5 heteroatoms. The summed E-state index contributed by atoms with van der Waals surface area (Å²) < 4.78 is 5.23. The van der Waals surface area contributed by atoms with E-state index in [9.17, 15) is 0 Å². The first-order chi connectivity index (χ1) is 10.3. The smallest absolute Gasteiger partial charge is 0.190 e. The highest BCUT2D eigenvalue weighted by Gasteiger charge is 1.99. The van der Waals surface area contributed by atoms with E-state index in [1.165, 1.54) is 31.2 Å². The number of guanidine groups is 1. The number of benzene rings is 1. The van der Waals surface area contributed by atoms with Crippen molar-refractivity contribution < 1.29 is 4.74 Å². The number of hydrogen-bond donors (Lipinski definition) is 2. The second kappa shape index (κ2) is 13.7. The molecule has 0 spiro atoms. The van der Waals surface area contributed by atoms with Gasteiger partial charge in [0.25, 0.3) is 0 Å². The van der Waals surface area contributed by atoms with E-state index in [-0.39, 0.29) is 24.0 Å². The molecule has 126 valence electrons. The molecule has 0 fully saturated rings. The highest BCUT2D eigenvalue weighted by atomic mass is 127. The van der Waals surface area contributed by atoms with Crippen LogP contribution in [0.1, 0.15) is 38.2 Å². The monoisotopic (exact) mass is 419 g/mol. The van der Waals surface area contributed by atoms with Crippen LogP contribution >= 0.6 is 24.0 Å². The summed E-state index contributed by atoms with van der Waals surface area (Å²) in [6.45, 7) is 4.08. The second-order valence-corrected chi connectivity index (χ2v) is 5.09. The fourth-order valence-corrected chi connectivity index (χ4v) is 2.13. The molecule has 0 aliphatic heterocycles. The topological polar surface area (TPSA) is 45.7 Å². The number of aliphatic imine (C=N–C) groups is 1. The van der Waals surface area contributed by atoms with Crippen molar-refractivity contribution in [3.63, 3.8) is 0 Å². The van der Waals surface area contributed by atoms with Gasteiger partial charge >= 0.3 is 0 Å². The van der Waals surface area contributed by atoms with Crippen LogP contribution in [0.5, 0.6) is 5.75 Å². The van der Waals surface area contributed by atoms with Crippen LogP contribution in [0, 0.1) is 0 Å². The van der Waals surface area contributed by atoms with Gasteiger partial charge in [-0.25, -0.2) is 0 Å². The van der Waals surface area contributed by atoms with E-state index in [2.05, 4.69) is 34.7 Å². The van der Waals surface area contributed by atoms with E-state index in [1.807, 2.05) is 19.2 Å².